The van der Waals surface area contributed by atoms with Crippen LogP contribution in [-0.4, -0.2) is 21.0 Å². The second-order valence-electron chi connectivity index (χ2n) is 5.36. The average molecular weight is 268 g/mol. The fraction of sp³-hybridized carbons (Fsp3) is 0.538. The number of hydrogen-bond donors (Lipinski definition) is 2. The molecule has 0 atom stereocenters. The maximum Gasteiger partial charge on any atom is 0.241 e. The Morgan fingerprint density at radius 3 is 2.06 bits per heavy atom. The molecule has 0 aromatic heterocycles. The SMILES string of the molecule is CNc1cc(C)c(S(=O)(=O)NC2(C)CC2)c(C)c1. The summed E-state index contributed by atoms with van der Waals surface area (Å²) in [7, 11) is -1.59. The summed E-state index contributed by atoms with van der Waals surface area (Å²) in [6, 6.07) is 3.72. The van der Waals surface area contributed by atoms with Crippen LogP contribution in [0.5, 0.6) is 0 Å². The zero-order valence-electron chi connectivity index (χ0n) is 11.3. The molecule has 1 aromatic rings. The Morgan fingerprint density at radius 1 is 1.17 bits per heavy atom. The van der Waals surface area contributed by atoms with Crippen molar-refractivity contribution in [1.29, 1.82) is 0 Å². The molecule has 1 aliphatic rings. The molecule has 1 saturated carbocycles. The van der Waals surface area contributed by atoms with Crippen LogP contribution in [0.1, 0.15) is 30.9 Å². The minimum absolute atomic E-state index is 0.237. The molecule has 4 nitrogen and oxygen atoms in total. The van der Waals surface area contributed by atoms with E-state index >= 15 is 0 Å². The van der Waals surface area contributed by atoms with Crippen molar-refractivity contribution < 1.29 is 8.42 Å². The van der Waals surface area contributed by atoms with E-state index in [2.05, 4.69) is 10.0 Å². The summed E-state index contributed by atoms with van der Waals surface area (Å²) in [5, 5.41) is 3.03. The van der Waals surface area contributed by atoms with Gasteiger partial charge in [0.2, 0.25) is 10.0 Å². The third-order valence-corrected chi connectivity index (χ3v) is 5.34. The first kappa shape index (κ1) is 13.4. The van der Waals surface area contributed by atoms with Gasteiger partial charge in [-0.15, -0.1) is 0 Å². The molecule has 0 unspecified atom stereocenters. The normalized spacial score (nSPS) is 17.6. The monoisotopic (exact) mass is 268 g/mol. The molecule has 0 bridgehead atoms. The lowest BCUT2D eigenvalue weighted by Crippen LogP contribution is -2.35. The first-order valence-corrected chi connectivity index (χ1v) is 7.59. The van der Waals surface area contributed by atoms with Gasteiger partial charge in [-0.1, -0.05) is 0 Å². The summed E-state index contributed by atoms with van der Waals surface area (Å²) in [6.07, 6.45) is 1.83. The van der Waals surface area contributed by atoms with Crippen LogP contribution in [0, 0.1) is 13.8 Å². The molecule has 0 radical (unpaired) electrons. The number of nitrogens with one attached hydrogen (secondary N) is 2. The maximum absolute atomic E-state index is 12.4. The van der Waals surface area contributed by atoms with Gasteiger partial charge in [-0.2, -0.15) is 0 Å². The molecule has 2 rings (SSSR count). The van der Waals surface area contributed by atoms with Crippen molar-refractivity contribution in [2.24, 2.45) is 0 Å². The fourth-order valence-electron chi connectivity index (χ4n) is 2.18. The Kier molecular flexibility index (Phi) is 3.15. The maximum atomic E-state index is 12.4. The zero-order valence-corrected chi connectivity index (χ0v) is 12.1. The first-order valence-electron chi connectivity index (χ1n) is 6.10. The molecule has 0 saturated heterocycles. The number of aryl methyl sites for hydroxylation is 2. The van der Waals surface area contributed by atoms with Crippen LogP contribution >= 0.6 is 0 Å². The summed E-state index contributed by atoms with van der Waals surface area (Å²) in [5.74, 6) is 0. The number of benzene rings is 1. The highest BCUT2D eigenvalue weighted by atomic mass is 32.2. The molecule has 5 heteroatoms. The van der Waals surface area contributed by atoms with Crippen molar-refractivity contribution in [3.8, 4) is 0 Å². The molecule has 2 N–H and O–H groups in total. The van der Waals surface area contributed by atoms with Gasteiger partial charge < -0.3 is 5.32 Å². The summed E-state index contributed by atoms with van der Waals surface area (Å²) in [4.78, 5) is 0.412. The summed E-state index contributed by atoms with van der Waals surface area (Å²) in [6.45, 7) is 5.60. The van der Waals surface area contributed by atoms with E-state index in [1.54, 1.807) is 0 Å². The molecule has 0 aliphatic heterocycles. The van der Waals surface area contributed by atoms with Crippen LogP contribution < -0.4 is 10.0 Å². The number of anilines is 1. The summed E-state index contributed by atoms with van der Waals surface area (Å²) in [5.41, 5.74) is 2.24. The Labute approximate surface area is 109 Å². The van der Waals surface area contributed by atoms with Crippen LogP contribution in [0.25, 0.3) is 0 Å². The number of sulfonamides is 1. The zero-order chi connectivity index (χ0) is 13.6. The highest BCUT2D eigenvalue weighted by Crippen LogP contribution is 2.37. The number of hydrogen-bond acceptors (Lipinski definition) is 3. The Morgan fingerprint density at radius 2 is 1.67 bits per heavy atom. The topological polar surface area (TPSA) is 58.2 Å². The van der Waals surface area contributed by atoms with Gasteiger partial charge in [0.25, 0.3) is 0 Å². The van der Waals surface area contributed by atoms with E-state index in [1.807, 2.05) is 40.0 Å². The average Bonchev–Trinajstić information content (AvgIpc) is 2.92. The molecule has 18 heavy (non-hydrogen) atoms. The van der Waals surface area contributed by atoms with Gasteiger partial charge >= 0.3 is 0 Å². The van der Waals surface area contributed by atoms with Gasteiger partial charge in [0, 0.05) is 18.3 Å². The Bertz CT molecular complexity index is 552. The lowest BCUT2D eigenvalue weighted by molar-refractivity contribution is 0.557. The van der Waals surface area contributed by atoms with Crippen molar-refractivity contribution in [2.45, 2.75) is 44.0 Å². The van der Waals surface area contributed by atoms with Gasteiger partial charge in [-0.3, -0.25) is 0 Å². The van der Waals surface area contributed by atoms with Gasteiger partial charge in [-0.05, 0) is 56.9 Å². The number of rotatable bonds is 4. The van der Waals surface area contributed by atoms with Gasteiger partial charge in [-0.25, -0.2) is 13.1 Å². The highest BCUT2D eigenvalue weighted by molar-refractivity contribution is 7.89. The van der Waals surface area contributed by atoms with E-state index in [0.29, 0.717) is 4.90 Å². The van der Waals surface area contributed by atoms with Gasteiger partial charge in [0.1, 0.15) is 0 Å². The molecule has 1 aliphatic carbocycles. The quantitative estimate of drug-likeness (QED) is 0.880. The molecule has 100 valence electrons. The van der Waals surface area contributed by atoms with Crippen molar-refractivity contribution in [3.63, 3.8) is 0 Å². The van der Waals surface area contributed by atoms with Gasteiger partial charge in [0.05, 0.1) is 4.90 Å². The second-order valence-corrected chi connectivity index (χ2v) is 6.97. The Hall–Kier alpha value is -1.07. The summed E-state index contributed by atoms with van der Waals surface area (Å²) >= 11 is 0. The Balaban J connectivity index is 2.44. The lowest BCUT2D eigenvalue weighted by Gasteiger charge is -2.17. The predicted molar refractivity (Wildman–Crippen MR) is 73.4 cm³/mol. The van der Waals surface area contributed by atoms with E-state index in [-0.39, 0.29) is 5.54 Å². The van der Waals surface area contributed by atoms with Crippen LogP contribution in [-0.2, 0) is 10.0 Å². The molecular weight excluding hydrogens is 248 g/mol. The van der Waals surface area contributed by atoms with Crippen molar-refractivity contribution in [2.75, 3.05) is 12.4 Å². The van der Waals surface area contributed by atoms with Crippen molar-refractivity contribution >= 4 is 15.7 Å². The van der Waals surface area contributed by atoms with E-state index in [9.17, 15) is 8.42 Å². The minimum Gasteiger partial charge on any atom is -0.388 e. The van der Waals surface area contributed by atoms with E-state index in [1.165, 1.54) is 0 Å². The molecule has 1 fully saturated rings. The largest absolute Gasteiger partial charge is 0.388 e. The summed E-state index contributed by atoms with van der Waals surface area (Å²) < 4.78 is 27.6. The molecular formula is C13H20N2O2S. The minimum atomic E-state index is -3.42. The van der Waals surface area contributed by atoms with Gasteiger partial charge in [0.15, 0.2) is 0 Å². The predicted octanol–water partition coefficient (Wildman–Crippen LogP) is 2.18. The molecule has 0 amide bonds. The second kappa shape index (κ2) is 4.24. The molecule has 1 aromatic carbocycles. The van der Waals surface area contributed by atoms with Crippen LogP contribution in [0.15, 0.2) is 17.0 Å². The lowest BCUT2D eigenvalue weighted by atomic mass is 10.1. The smallest absolute Gasteiger partial charge is 0.241 e. The van der Waals surface area contributed by atoms with Crippen molar-refractivity contribution in [1.82, 2.24) is 4.72 Å². The highest BCUT2D eigenvalue weighted by Gasteiger charge is 2.41. The third-order valence-electron chi connectivity index (χ3n) is 3.40. The first-order chi connectivity index (χ1) is 8.27. The van der Waals surface area contributed by atoms with E-state index in [0.717, 1.165) is 29.7 Å². The van der Waals surface area contributed by atoms with E-state index in [4.69, 9.17) is 0 Å². The fourth-order valence-corrected chi connectivity index (χ4v) is 4.10. The standard InChI is InChI=1S/C13H20N2O2S/c1-9-7-11(14-4)8-10(2)12(9)18(16,17)15-13(3)5-6-13/h7-8,14-15H,5-6H2,1-4H3. The van der Waals surface area contributed by atoms with Crippen molar-refractivity contribution in [3.05, 3.63) is 23.3 Å². The van der Waals surface area contributed by atoms with Crippen LogP contribution in [0.4, 0.5) is 5.69 Å². The van der Waals surface area contributed by atoms with Crippen LogP contribution in [0.2, 0.25) is 0 Å². The molecule has 0 spiro atoms. The molecule has 0 heterocycles. The van der Waals surface area contributed by atoms with E-state index < -0.39 is 10.0 Å². The third kappa shape index (κ3) is 2.52. The van der Waals surface area contributed by atoms with Crippen LogP contribution in [0.3, 0.4) is 0 Å².